The van der Waals surface area contributed by atoms with Crippen LogP contribution in [0.15, 0.2) is 12.1 Å². The number of likely N-dealkylation sites (tertiary alicyclic amines) is 1. The van der Waals surface area contributed by atoms with Crippen LogP contribution in [0.1, 0.15) is 61.5 Å². The molecule has 2 nitrogen and oxygen atoms in total. The van der Waals surface area contributed by atoms with Crippen LogP contribution in [-0.2, 0) is 0 Å². The molecule has 1 saturated heterocycles. The molecular formula is C18H29NO. The van der Waals surface area contributed by atoms with E-state index in [0.717, 1.165) is 12.1 Å². The highest BCUT2D eigenvalue weighted by Gasteiger charge is 2.27. The Balaban J connectivity index is 2.17. The Kier molecular flexibility index (Phi) is 4.87. The lowest BCUT2D eigenvalue weighted by molar-refractivity contribution is 0.0407. The number of β-amino-alcohol motifs (C(OH)–C–C–N with tert-alkyl or cyclic N) is 1. The Labute approximate surface area is 123 Å². The molecule has 1 fully saturated rings. The molecule has 3 atom stereocenters. The average Bonchev–Trinajstić information content (AvgIpc) is 2.32. The van der Waals surface area contributed by atoms with Crippen LogP contribution in [0.5, 0.6) is 0 Å². The van der Waals surface area contributed by atoms with Gasteiger partial charge in [0.25, 0.3) is 0 Å². The Bertz CT molecular complexity index is 435. The molecule has 20 heavy (non-hydrogen) atoms. The summed E-state index contributed by atoms with van der Waals surface area (Å²) >= 11 is 0. The van der Waals surface area contributed by atoms with E-state index in [1.807, 2.05) is 0 Å². The van der Waals surface area contributed by atoms with Gasteiger partial charge in [0.2, 0.25) is 0 Å². The van der Waals surface area contributed by atoms with E-state index in [2.05, 4.69) is 51.7 Å². The van der Waals surface area contributed by atoms with E-state index in [1.165, 1.54) is 36.0 Å². The standard InChI is InChI=1S/C18H29NO/c1-12-9-13(2)18(14(3)10-12)17(20)11-19-15(4)7-6-8-16(19)5/h9-10,15-17,20H,6-8,11H2,1-5H3/t15-,16+,17?. The number of hydrogen-bond donors (Lipinski definition) is 1. The fourth-order valence-electron chi connectivity index (χ4n) is 3.84. The fourth-order valence-corrected chi connectivity index (χ4v) is 3.84. The molecule has 112 valence electrons. The number of aliphatic hydroxyl groups excluding tert-OH is 1. The molecule has 1 aromatic carbocycles. The zero-order valence-electron chi connectivity index (χ0n) is 13.6. The van der Waals surface area contributed by atoms with Crippen molar-refractivity contribution in [1.82, 2.24) is 4.90 Å². The minimum atomic E-state index is -0.376. The van der Waals surface area contributed by atoms with Gasteiger partial charge in [0.05, 0.1) is 6.10 Å². The Morgan fingerprint density at radius 2 is 1.60 bits per heavy atom. The molecule has 0 radical (unpaired) electrons. The maximum Gasteiger partial charge on any atom is 0.0922 e. The zero-order valence-corrected chi connectivity index (χ0v) is 13.6. The molecule has 1 aromatic rings. The van der Waals surface area contributed by atoms with Crippen molar-refractivity contribution in [2.45, 2.75) is 72.1 Å². The molecule has 0 aromatic heterocycles. The van der Waals surface area contributed by atoms with E-state index in [-0.39, 0.29) is 6.10 Å². The lowest BCUT2D eigenvalue weighted by atomic mass is 9.92. The van der Waals surface area contributed by atoms with Gasteiger partial charge in [-0.15, -0.1) is 0 Å². The van der Waals surface area contributed by atoms with Gasteiger partial charge in [-0.25, -0.2) is 0 Å². The van der Waals surface area contributed by atoms with E-state index < -0.39 is 0 Å². The lowest BCUT2D eigenvalue weighted by Gasteiger charge is -2.40. The van der Waals surface area contributed by atoms with Gasteiger partial charge < -0.3 is 5.11 Å². The monoisotopic (exact) mass is 275 g/mol. The summed E-state index contributed by atoms with van der Waals surface area (Å²) in [5, 5.41) is 10.7. The van der Waals surface area contributed by atoms with Crippen molar-refractivity contribution in [1.29, 1.82) is 0 Å². The van der Waals surface area contributed by atoms with Gasteiger partial charge in [0, 0.05) is 18.6 Å². The third-order valence-electron chi connectivity index (χ3n) is 4.83. The topological polar surface area (TPSA) is 23.5 Å². The molecule has 2 rings (SSSR count). The first-order valence-electron chi connectivity index (χ1n) is 7.91. The average molecular weight is 275 g/mol. The smallest absolute Gasteiger partial charge is 0.0922 e. The van der Waals surface area contributed by atoms with Crippen LogP contribution in [0.4, 0.5) is 0 Å². The summed E-state index contributed by atoms with van der Waals surface area (Å²) < 4.78 is 0. The van der Waals surface area contributed by atoms with Gasteiger partial charge >= 0.3 is 0 Å². The first-order chi connectivity index (χ1) is 9.40. The first kappa shape index (κ1) is 15.5. The van der Waals surface area contributed by atoms with Gasteiger partial charge in [-0.05, 0) is 64.2 Å². The van der Waals surface area contributed by atoms with Gasteiger partial charge in [-0.3, -0.25) is 4.90 Å². The molecule has 1 heterocycles. The van der Waals surface area contributed by atoms with Crippen LogP contribution in [-0.4, -0.2) is 28.6 Å². The predicted molar refractivity (Wildman–Crippen MR) is 85.1 cm³/mol. The minimum absolute atomic E-state index is 0.376. The largest absolute Gasteiger partial charge is 0.387 e. The molecule has 1 unspecified atom stereocenters. The number of rotatable bonds is 3. The van der Waals surface area contributed by atoms with Crippen LogP contribution in [0.25, 0.3) is 0 Å². The van der Waals surface area contributed by atoms with E-state index in [1.54, 1.807) is 0 Å². The number of aryl methyl sites for hydroxylation is 3. The van der Waals surface area contributed by atoms with Crippen LogP contribution in [0.3, 0.4) is 0 Å². The molecule has 1 N–H and O–H groups in total. The van der Waals surface area contributed by atoms with Crippen LogP contribution in [0.2, 0.25) is 0 Å². The highest BCUT2D eigenvalue weighted by Crippen LogP contribution is 2.28. The van der Waals surface area contributed by atoms with Crippen molar-refractivity contribution < 1.29 is 5.11 Å². The summed E-state index contributed by atoms with van der Waals surface area (Å²) in [5.74, 6) is 0. The lowest BCUT2D eigenvalue weighted by Crippen LogP contribution is -2.45. The van der Waals surface area contributed by atoms with E-state index >= 15 is 0 Å². The normalized spacial score (nSPS) is 25.7. The van der Waals surface area contributed by atoms with Crippen molar-refractivity contribution in [2.75, 3.05) is 6.54 Å². The second-order valence-corrected chi connectivity index (χ2v) is 6.65. The third-order valence-corrected chi connectivity index (χ3v) is 4.83. The number of piperidine rings is 1. The molecule has 0 aliphatic carbocycles. The number of nitrogens with zero attached hydrogens (tertiary/aromatic N) is 1. The van der Waals surface area contributed by atoms with Crippen LogP contribution >= 0.6 is 0 Å². The van der Waals surface area contributed by atoms with Crippen molar-refractivity contribution in [2.24, 2.45) is 0 Å². The molecule has 1 aliphatic rings. The highest BCUT2D eigenvalue weighted by molar-refractivity contribution is 5.39. The third kappa shape index (κ3) is 3.24. The van der Waals surface area contributed by atoms with Crippen molar-refractivity contribution >= 4 is 0 Å². The summed E-state index contributed by atoms with van der Waals surface area (Å²) in [6.45, 7) is 11.7. The summed E-state index contributed by atoms with van der Waals surface area (Å²) in [7, 11) is 0. The highest BCUT2D eigenvalue weighted by atomic mass is 16.3. The summed E-state index contributed by atoms with van der Waals surface area (Å²) in [5.41, 5.74) is 4.83. The van der Waals surface area contributed by atoms with Crippen molar-refractivity contribution in [3.63, 3.8) is 0 Å². The molecule has 2 heteroatoms. The molecule has 0 spiro atoms. The SMILES string of the molecule is Cc1cc(C)c(C(O)CN2[C@H](C)CCC[C@@H]2C)c(C)c1. The zero-order chi connectivity index (χ0) is 14.9. The second-order valence-electron chi connectivity index (χ2n) is 6.65. The number of benzene rings is 1. The molecule has 0 bridgehead atoms. The van der Waals surface area contributed by atoms with Gasteiger partial charge in [0.1, 0.15) is 0 Å². The summed E-state index contributed by atoms with van der Waals surface area (Å²) in [4.78, 5) is 2.48. The van der Waals surface area contributed by atoms with E-state index in [4.69, 9.17) is 0 Å². The van der Waals surface area contributed by atoms with Gasteiger partial charge in [-0.2, -0.15) is 0 Å². The summed E-state index contributed by atoms with van der Waals surface area (Å²) in [6, 6.07) is 5.52. The molecule has 1 aliphatic heterocycles. The maximum atomic E-state index is 10.7. The quantitative estimate of drug-likeness (QED) is 0.904. The minimum Gasteiger partial charge on any atom is -0.387 e. The van der Waals surface area contributed by atoms with E-state index in [9.17, 15) is 5.11 Å². The fraction of sp³-hybridized carbons (Fsp3) is 0.667. The first-order valence-corrected chi connectivity index (χ1v) is 7.91. The van der Waals surface area contributed by atoms with Crippen LogP contribution in [0, 0.1) is 20.8 Å². The van der Waals surface area contributed by atoms with Crippen molar-refractivity contribution in [3.8, 4) is 0 Å². The number of aliphatic hydroxyl groups is 1. The van der Waals surface area contributed by atoms with Gasteiger partial charge in [0.15, 0.2) is 0 Å². The molecule has 0 amide bonds. The van der Waals surface area contributed by atoms with Gasteiger partial charge in [-0.1, -0.05) is 24.1 Å². The second kappa shape index (κ2) is 6.28. The summed E-state index contributed by atoms with van der Waals surface area (Å²) in [6.07, 6.45) is 3.45. The van der Waals surface area contributed by atoms with Crippen LogP contribution < -0.4 is 0 Å². The molecule has 0 saturated carbocycles. The van der Waals surface area contributed by atoms with Crippen molar-refractivity contribution in [3.05, 3.63) is 34.4 Å². The Morgan fingerprint density at radius 1 is 1.10 bits per heavy atom. The predicted octanol–water partition coefficient (Wildman–Crippen LogP) is 3.91. The van der Waals surface area contributed by atoms with E-state index in [0.29, 0.717) is 12.1 Å². The number of hydrogen-bond acceptors (Lipinski definition) is 2. The Hall–Kier alpha value is -0.860. The molecular weight excluding hydrogens is 246 g/mol. The Morgan fingerprint density at radius 3 is 2.10 bits per heavy atom. The maximum absolute atomic E-state index is 10.7.